The molecular formula is C14H14O2. The lowest BCUT2D eigenvalue weighted by atomic mass is 10.2. The highest BCUT2D eigenvalue weighted by Crippen LogP contribution is 2.17. The third kappa shape index (κ3) is 2.54. The quantitative estimate of drug-likeness (QED) is 0.556. The van der Waals surface area contributed by atoms with Gasteiger partial charge in [-0.15, -0.1) is 0 Å². The van der Waals surface area contributed by atoms with E-state index in [1.54, 1.807) is 6.26 Å². The molecule has 1 aromatic carbocycles. The number of para-hydroxylation sites is 1. The number of furan rings is 2. The fraction of sp³-hybridized carbons (Fsp3) is 0.143. The lowest BCUT2D eigenvalue weighted by Crippen LogP contribution is -1.57. The number of hydrogen-bond donors (Lipinski definition) is 0. The number of hydrogen-bond acceptors (Lipinski definition) is 2. The van der Waals surface area contributed by atoms with E-state index in [0.717, 1.165) is 17.1 Å². The Kier molecular flexibility index (Phi) is 3.10. The normalized spacial score (nSPS) is 9.88. The SMILES string of the molecule is Cc1cc2ccccc2o1.Cc1ccco1. The molecular weight excluding hydrogens is 200 g/mol. The summed E-state index contributed by atoms with van der Waals surface area (Å²) in [6.07, 6.45) is 1.66. The summed E-state index contributed by atoms with van der Waals surface area (Å²) >= 11 is 0. The zero-order valence-electron chi connectivity index (χ0n) is 9.44. The minimum atomic E-state index is 0.968. The van der Waals surface area contributed by atoms with Crippen molar-refractivity contribution >= 4 is 11.0 Å². The predicted molar refractivity (Wildman–Crippen MR) is 64.4 cm³/mol. The molecule has 0 aliphatic carbocycles. The van der Waals surface area contributed by atoms with Crippen LogP contribution in [0.2, 0.25) is 0 Å². The van der Waals surface area contributed by atoms with Gasteiger partial charge in [-0.1, -0.05) is 18.2 Å². The van der Waals surface area contributed by atoms with E-state index in [-0.39, 0.29) is 0 Å². The molecule has 0 unspecified atom stereocenters. The maximum atomic E-state index is 5.37. The summed E-state index contributed by atoms with van der Waals surface area (Å²) in [6, 6.07) is 13.8. The van der Waals surface area contributed by atoms with Crippen LogP contribution in [-0.2, 0) is 0 Å². The second-order valence-corrected chi connectivity index (χ2v) is 3.62. The van der Waals surface area contributed by atoms with Crippen molar-refractivity contribution in [3.05, 3.63) is 60.2 Å². The Labute approximate surface area is 94.5 Å². The second-order valence-electron chi connectivity index (χ2n) is 3.62. The number of rotatable bonds is 0. The fourth-order valence-electron chi connectivity index (χ4n) is 1.48. The topological polar surface area (TPSA) is 26.3 Å². The monoisotopic (exact) mass is 214 g/mol. The molecule has 16 heavy (non-hydrogen) atoms. The highest BCUT2D eigenvalue weighted by atomic mass is 16.3. The van der Waals surface area contributed by atoms with E-state index in [0.29, 0.717) is 0 Å². The molecule has 0 saturated carbocycles. The maximum absolute atomic E-state index is 5.37. The highest BCUT2D eigenvalue weighted by molar-refractivity contribution is 5.77. The molecule has 2 aromatic heterocycles. The van der Waals surface area contributed by atoms with Gasteiger partial charge < -0.3 is 8.83 Å². The summed E-state index contributed by atoms with van der Waals surface area (Å²) in [5.74, 6) is 1.94. The van der Waals surface area contributed by atoms with Crippen LogP contribution in [-0.4, -0.2) is 0 Å². The van der Waals surface area contributed by atoms with E-state index in [2.05, 4.69) is 0 Å². The molecule has 82 valence electrons. The third-order valence-electron chi connectivity index (χ3n) is 2.21. The third-order valence-corrected chi connectivity index (χ3v) is 2.21. The Morgan fingerprint density at radius 3 is 2.25 bits per heavy atom. The number of benzene rings is 1. The summed E-state index contributed by atoms with van der Waals surface area (Å²) in [7, 11) is 0. The Hall–Kier alpha value is -1.96. The molecule has 0 aliphatic rings. The summed E-state index contributed by atoms with van der Waals surface area (Å²) in [5.41, 5.74) is 0.972. The van der Waals surface area contributed by atoms with Gasteiger partial charge in [-0.2, -0.15) is 0 Å². The lowest BCUT2D eigenvalue weighted by molar-refractivity contribution is 0.534. The minimum absolute atomic E-state index is 0.968. The molecule has 3 rings (SSSR count). The summed E-state index contributed by atoms with van der Waals surface area (Å²) < 4.78 is 10.2. The molecule has 0 bridgehead atoms. The summed E-state index contributed by atoms with van der Waals surface area (Å²) in [4.78, 5) is 0. The Bertz CT molecular complexity index is 514. The summed E-state index contributed by atoms with van der Waals surface area (Å²) in [6.45, 7) is 3.88. The Balaban J connectivity index is 0.000000138. The van der Waals surface area contributed by atoms with Crippen LogP contribution >= 0.6 is 0 Å². The summed E-state index contributed by atoms with van der Waals surface area (Å²) in [5, 5.41) is 1.18. The van der Waals surface area contributed by atoms with Crippen LogP contribution in [0.4, 0.5) is 0 Å². The standard InChI is InChI=1S/C9H8O.C5H6O/c1-7-6-8-4-2-3-5-9(8)10-7;1-5-3-2-4-6-5/h2-6H,1H3;2-4H,1H3. The van der Waals surface area contributed by atoms with Crippen molar-refractivity contribution < 1.29 is 8.83 Å². The first-order chi connectivity index (χ1) is 7.75. The van der Waals surface area contributed by atoms with Crippen LogP contribution in [0, 0.1) is 13.8 Å². The molecule has 2 heteroatoms. The zero-order chi connectivity index (χ0) is 11.4. The lowest BCUT2D eigenvalue weighted by Gasteiger charge is -1.82. The Morgan fingerprint density at radius 2 is 1.69 bits per heavy atom. The van der Waals surface area contributed by atoms with Gasteiger partial charge >= 0.3 is 0 Å². The predicted octanol–water partition coefficient (Wildman–Crippen LogP) is 4.33. The molecule has 2 heterocycles. The van der Waals surface area contributed by atoms with Crippen LogP contribution in [0.1, 0.15) is 11.5 Å². The van der Waals surface area contributed by atoms with Gasteiger partial charge in [0.25, 0.3) is 0 Å². The molecule has 0 aliphatic heterocycles. The number of aryl methyl sites for hydroxylation is 2. The maximum Gasteiger partial charge on any atom is 0.134 e. The number of fused-ring (bicyclic) bond motifs is 1. The van der Waals surface area contributed by atoms with E-state index in [4.69, 9.17) is 8.83 Å². The van der Waals surface area contributed by atoms with Crippen LogP contribution in [0.5, 0.6) is 0 Å². The van der Waals surface area contributed by atoms with Gasteiger partial charge in [0.2, 0.25) is 0 Å². The van der Waals surface area contributed by atoms with E-state index in [9.17, 15) is 0 Å². The molecule has 0 atom stereocenters. The first-order valence-electron chi connectivity index (χ1n) is 5.21. The van der Waals surface area contributed by atoms with Gasteiger partial charge in [-0.05, 0) is 38.1 Å². The van der Waals surface area contributed by atoms with Crippen LogP contribution in [0.15, 0.2) is 57.6 Å². The largest absolute Gasteiger partial charge is 0.470 e. The molecule has 0 amide bonds. The molecule has 2 nitrogen and oxygen atoms in total. The van der Waals surface area contributed by atoms with Crippen molar-refractivity contribution in [3.63, 3.8) is 0 Å². The van der Waals surface area contributed by atoms with E-state index < -0.39 is 0 Å². The zero-order valence-corrected chi connectivity index (χ0v) is 9.44. The van der Waals surface area contributed by atoms with Crippen molar-refractivity contribution in [1.82, 2.24) is 0 Å². The van der Waals surface area contributed by atoms with Gasteiger partial charge in [-0.3, -0.25) is 0 Å². The molecule has 0 radical (unpaired) electrons. The molecule has 0 spiro atoms. The fourth-order valence-corrected chi connectivity index (χ4v) is 1.48. The van der Waals surface area contributed by atoms with Crippen molar-refractivity contribution in [2.45, 2.75) is 13.8 Å². The molecule has 0 N–H and O–H groups in total. The minimum Gasteiger partial charge on any atom is -0.470 e. The highest BCUT2D eigenvalue weighted by Gasteiger charge is 1.95. The second kappa shape index (κ2) is 4.71. The van der Waals surface area contributed by atoms with Gasteiger partial charge in [0, 0.05) is 5.39 Å². The van der Waals surface area contributed by atoms with E-state index in [1.807, 2.05) is 56.3 Å². The van der Waals surface area contributed by atoms with Crippen LogP contribution < -0.4 is 0 Å². The van der Waals surface area contributed by atoms with Crippen molar-refractivity contribution in [1.29, 1.82) is 0 Å². The van der Waals surface area contributed by atoms with Gasteiger partial charge in [-0.25, -0.2) is 0 Å². The van der Waals surface area contributed by atoms with E-state index >= 15 is 0 Å². The van der Waals surface area contributed by atoms with Gasteiger partial charge in [0.15, 0.2) is 0 Å². The molecule has 0 fully saturated rings. The smallest absolute Gasteiger partial charge is 0.134 e. The van der Waals surface area contributed by atoms with Crippen molar-refractivity contribution in [3.8, 4) is 0 Å². The average Bonchev–Trinajstić information content (AvgIpc) is 2.86. The van der Waals surface area contributed by atoms with Crippen molar-refractivity contribution in [2.75, 3.05) is 0 Å². The first-order valence-corrected chi connectivity index (χ1v) is 5.21. The average molecular weight is 214 g/mol. The first kappa shape index (κ1) is 10.6. The molecule has 0 saturated heterocycles. The van der Waals surface area contributed by atoms with Crippen LogP contribution in [0.25, 0.3) is 11.0 Å². The molecule has 3 aromatic rings. The van der Waals surface area contributed by atoms with Gasteiger partial charge in [0.05, 0.1) is 6.26 Å². The van der Waals surface area contributed by atoms with E-state index in [1.165, 1.54) is 5.39 Å². The van der Waals surface area contributed by atoms with Crippen molar-refractivity contribution in [2.24, 2.45) is 0 Å². The Morgan fingerprint density at radius 1 is 0.875 bits per heavy atom. The van der Waals surface area contributed by atoms with Crippen LogP contribution in [0.3, 0.4) is 0 Å². The van der Waals surface area contributed by atoms with Gasteiger partial charge in [0.1, 0.15) is 17.1 Å².